The molecule has 1 nitrogen and oxygen atoms in total. The van der Waals surface area contributed by atoms with Gasteiger partial charge in [0, 0.05) is 12.8 Å². The number of hydrogen-bond donors (Lipinski definition) is 1. The van der Waals surface area contributed by atoms with Crippen LogP contribution in [-0.2, 0) is 0 Å². The summed E-state index contributed by atoms with van der Waals surface area (Å²) in [7, 11) is 0. The zero-order valence-corrected chi connectivity index (χ0v) is 6.87. The fourth-order valence-electron chi connectivity index (χ4n) is 1.46. The predicted molar refractivity (Wildman–Crippen MR) is 40.8 cm³/mol. The highest BCUT2D eigenvalue weighted by atomic mass is 19.3. The van der Waals surface area contributed by atoms with Crippen molar-refractivity contribution in [2.75, 3.05) is 13.1 Å². The molecule has 0 saturated carbocycles. The summed E-state index contributed by atoms with van der Waals surface area (Å²) in [6, 6.07) is 0. The normalized spacial score (nSPS) is 25.9. The SMILES string of the molecule is CCC(F)(F)CC1CCNC1. The summed E-state index contributed by atoms with van der Waals surface area (Å²) in [4.78, 5) is 0. The second-order valence-electron chi connectivity index (χ2n) is 3.27. The molecular weight excluding hydrogens is 148 g/mol. The number of rotatable bonds is 3. The van der Waals surface area contributed by atoms with E-state index in [2.05, 4.69) is 5.32 Å². The third kappa shape index (κ3) is 2.73. The largest absolute Gasteiger partial charge is 0.316 e. The summed E-state index contributed by atoms with van der Waals surface area (Å²) in [6.07, 6.45) is 0.954. The Balaban J connectivity index is 2.28. The Morgan fingerprint density at radius 3 is 2.73 bits per heavy atom. The molecule has 1 unspecified atom stereocenters. The molecule has 1 saturated heterocycles. The van der Waals surface area contributed by atoms with E-state index in [1.165, 1.54) is 0 Å². The molecule has 1 N–H and O–H groups in total. The van der Waals surface area contributed by atoms with Crippen molar-refractivity contribution >= 4 is 0 Å². The van der Waals surface area contributed by atoms with Crippen LogP contribution in [0.1, 0.15) is 26.2 Å². The second kappa shape index (κ2) is 3.48. The van der Waals surface area contributed by atoms with Crippen molar-refractivity contribution in [3.63, 3.8) is 0 Å². The molecule has 0 amide bonds. The molecule has 11 heavy (non-hydrogen) atoms. The maximum absolute atomic E-state index is 12.8. The average Bonchev–Trinajstić information content (AvgIpc) is 2.39. The van der Waals surface area contributed by atoms with E-state index in [9.17, 15) is 8.78 Å². The summed E-state index contributed by atoms with van der Waals surface area (Å²) in [5.41, 5.74) is 0. The zero-order valence-electron chi connectivity index (χ0n) is 6.87. The van der Waals surface area contributed by atoms with Gasteiger partial charge in [-0.3, -0.25) is 0 Å². The molecule has 1 aliphatic rings. The zero-order chi connectivity index (χ0) is 8.32. The molecule has 66 valence electrons. The molecule has 0 aliphatic carbocycles. The fourth-order valence-corrected chi connectivity index (χ4v) is 1.46. The van der Waals surface area contributed by atoms with Gasteiger partial charge in [-0.15, -0.1) is 0 Å². The van der Waals surface area contributed by atoms with Crippen molar-refractivity contribution in [2.24, 2.45) is 5.92 Å². The molecule has 1 heterocycles. The van der Waals surface area contributed by atoms with Gasteiger partial charge < -0.3 is 5.32 Å². The molecule has 1 atom stereocenters. The molecule has 0 aromatic rings. The van der Waals surface area contributed by atoms with Gasteiger partial charge in [0.2, 0.25) is 5.92 Å². The highest BCUT2D eigenvalue weighted by Crippen LogP contribution is 2.29. The Hall–Kier alpha value is -0.180. The third-order valence-corrected chi connectivity index (χ3v) is 2.27. The Morgan fingerprint density at radius 2 is 2.27 bits per heavy atom. The lowest BCUT2D eigenvalue weighted by Gasteiger charge is -2.17. The lowest BCUT2D eigenvalue weighted by atomic mass is 9.99. The Morgan fingerprint density at radius 1 is 1.55 bits per heavy atom. The highest BCUT2D eigenvalue weighted by Gasteiger charge is 2.31. The van der Waals surface area contributed by atoms with E-state index in [1.807, 2.05) is 0 Å². The van der Waals surface area contributed by atoms with Crippen LogP contribution < -0.4 is 5.32 Å². The molecule has 0 bridgehead atoms. The van der Waals surface area contributed by atoms with E-state index in [-0.39, 0.29) is 18.8 Å². The highest BCUT2D eigenvalue weighted by molar-refractivity contribution is 4.77. The van der Waals surface area contributed by atoms with E-state index in [0.29, 0.717) is 0 Å². The lowest BCUT2D eigenvalue weighted by Crippen LogP contribution is -2.21. The number of halogens is 2. The second-order valence-corrected chi connectivity index (χ2v) is 3.27. The van der Waals surface area contributed by atoms with Crippen LogP contribution in [0.15, 0.2) is 0 Å². The summed E-state index contributed by atoms with van der Waals surface area (Å²) < 4.78 is 25.6. The van der Waals surface area contributed by atoms with Crippen LogP contribution in [-0.4, -0.2) is 19.0 Å². The van der Waals surface area contributed by atoms with Gasteiger partial charge in [0.1, 0.15) is 0 Å². The van der Waals surface area contributed by atoms with E-state index in [4.69, 9.17) is 0 Å². The minimum atomic E-state index is -2.43. The number of hydrogen-bond acceptors (Lipinski definition) is 1. The predicted octanol–water partition coefficient (Wildman–Crippen LogP) is 2.03. The molecule has 1 fully saturated rings. The molecular formula is C8H15F2N. The standard InChI is InChI=1S/C8H15F2N/c1-2-8(9,10)5-7-3-4-11-6-7/h7,11H,2-6H2,1H3. The maximum atomic E-state index is 12.8. The fraction of sp³-hybridized carbons (Fsp3) is 1.00. The Labute approximate surface area is 66.2 Å². The van der Waals surface area contributed by atoms with E-state index in [1.54, 1.807) is 6.92 Å². The quantitative estimate of drug-likeness (QED) is 0.671. The van der Waals surface area contributed by atoms with Crippen molar-refractivity contribution < 1.29 is 8.78 Å². The first-order chi connectivity index (χ1) is 5.14. The van der Waals surface area contributed by atoms with Gasteiger partial charge in [0.15, 0.2) is 0 Å². The first-order valence-corrected chi connectivity index (χ1v) is 4.22. The molecule has 0 aromatic heterocycles. The van der Waals surface area contributed by atoms with Crippen LogP contribution in [0.3, 0.4) is 0 Å². The Bertz CT molecular complexity index is 119. The van der Waals surface area contributed by atoms with E-state index >= 15 is 0 Å². The first-order valence-electron chi connectivity index (χ1n) is 4.22. The van der Waals surface area contributed by atoms with Gasteiger partial charge in [-0.25, -0.2) is 8.78 Å². The molecule has 0 aromatic carbocycles. The smallest absolute Gasteiger partial charge is 0.248 e. The molecule has 1 rings (SSSR count). The molecule has 0 spiro atoms. The van der Waals surface area contributed by atoms with Crippen LogP contribution in [0.2, 0.25) is 0 Å². The van der Waals surface area contributed by atoms with Gasteiger partial charge in [0.25, 0.3) is 0 Å². The summed E-state index contributed by atoms with van der Waals surface area (Å²) in [5.74, 6) is -2.23. The summed E-state index contributed by atoms with van der Waals surface area (Å²) in [5, 5.41) is 3.09. The molecule has 1 aliphatic heterocycles. The first kappa shape index (κ1) is 8.91. The van der Waals surface area contributed by atoms with Crippen LogP contribution in [0.25, 0.3) is 0 Å². The minimum Gasteiger partial charge on any atom is -0.316 e. The van der Waals surface area contributed by atoms with Crippen molar-refractivity contribution in [1.29, 1.82) is 0 Å². The monoisotopic (exact) mass is 163 g/mol. The van der Waals surface area contributed by atoms with Gasteiger partial charge in [0.05, 0.1) is 0 Å². The molecule has 0 radical (unpaired) electrons. The minimum absolute atomic E-state index is 0.0243. The van der Waals surface area contributed by atoms with E-state index in [0.717, 1.165) is 19.5 Å². The Kier molecular flexibility index (Phi) is 2.82. The number of alkyl halides is 2. The summed E-state index contributed by atoms with van der Waals surface area (Å²) >= 11 is 0. The maximum Gasteiger partial charge on any atom is 0.248 e. The van der Waals surface area contributed by atoms with Crippen molar-refractivity contribution in [1.82, 2.24) is 5.32 Å². The van der Waals surface area contributed by atoms with Crippen molar-refractivity contribution in [3.8, 4) is 0 Å². The molecule has 3 heteroatoms. The van der Waals surface area contributed by atoms with E-state index < -0.39 is 5.92 Å². The van der Waals surface area contributed by atoms with Crippen LogP contribution in [0, 0.1) is 5.92 Å². The third-order valence-electron chi connectivity index (χ3n) is 2.27. The van der Waals surface area contributed by atoms with Crippen LogP contribution in [0.5, 0.6) is 0 Å². The van der Waals surface area contributed by atoms with Gasteiger partial charge >= 0.3 is 0 Å². The van der Waals surface area contributed by atoms with Crippen LogP contribution in [0.4, 0.5) is 8.78 Å². The average molecular weight is 163 g/mol. The van der Waals surface area contributed by atoms with Crippen LogP contribution >= 0.6 is 0 Å². The summed E-state index contributed by atoms with van der Waals surface area (Å²) in [6.45, 7) is 3.22. The lowest BCUT2D eigenvalue weighted by molar-refractivity contribution is -0.0242. The van der Waals surface area contributed by atoms with Gasteiger partial charge in [-0.05, 0) is 25.4 Å². The topological polar surface area (TPSA) is 12.0 Å². The van der Waals surface area contributed by atoms with Gasteiger partial charge in [-0.1, -0.05) is 6.92 Å². The number of nitrogens with one attached hydrogen (secondary N) is 1. The van der Waals surface area contributed by atoms with Gasteiger partial charge in [-0.2, -0.15) is 0 Å². The van der Waals surface area contributed by atoms with Crippen molar-refractivity contribution in [2.45, 2.75) is 32.1 Å². The van der Waals surface area contributed by atoms with Crippen molar-refractivity contribution in [3.05, 3.63) is 0 Å².